The zero-order chi connectivity index (χ0) is 19.5. The largest absolute Gasteiger partial charge is 0.497 e. The molecule has 5 heteroatoms. The van der Waals surface area contributed by atoms with Crippen molar-refractivity contribution < 1.29 is 4.74 Å². The molecule has 0 aliphatic rings. The molecule has 2 aromatic heterocycles. The first kappa shape index (κ1) is 18.0. The van der Waals surface area contributed by atoms with Crippen LogP contribution in [0.5, 0.6) is 5.75 Å². The van der Waals surface area contributed by atoms with E-state index in [4.69, 9.17) is 4.74 Å². The van der Waals surface area contributed by atoms with E-state index in [9.17, 15) is 0 Å². The number of hydrogen-bond donors (Lipinski definition) is 1. The lowest BCUT2D eigenvalue weighted by molar-refractivity contribution is 0.415. The molecule has 0 radical (unpaired) electrons. The fourth-order valence-corrected chi connectivity index (χ4v) is 3.27. The van der Waals surface area contributed by atoms with Crippen molar-refractivity contribution in [1.29, 1.82) is 0 Å². The standard InChI is InChI=1S/C23H24N4O/c1-16(2)13-24-22-21-20(17-7-5-4-6-8-17)14-27(23(21)26-15-25-22)18-9-11-19(28-3)12-10-18/h4-12,14-16H,13H2,1-3H3,(H,24,25,26). The van der Waals surface area contributed by atoms with Crippen LogP contribution >= 0.6 is 0 Å². The summed E-state index contributed by atoms with van der Waals surface area (Å²) in [5.41, 5.74) is 4.16. The van der Waals surface area contributed by atoms with E-state index in [0.717, 1.165) is 46.0 Å². The Morgan fingerprint density at radius 1 is 1.00 bits per heavy atom. The number of rotatable bonds is 6. The Morgan fingerprint density at radius 2 is 1.75 bits per heavy atom. The minimum atomic E-state index is 0.522. The van der Waals surface area contributed by atoms with Crippen molar-refractivity contribution in [3.63, 3.8) is 0 Å². The first-order valence-corrected chi connectivity index (χ1v) is 9.47. The SMILES string of the molecule is COc1ccc(-n2cc(-c3ccccc3)c3c(NCC(C)C)ncnc32)cc1. The quantitative estimate of drug-likeness (QED) is 0.508. The number of nitrogens with zero attached hydrogens (tertiary/aromatic N) is 3. The van der Waals surface area contributed by atoms with Crippen LogP contribution in [0.2, 0.25) is 0 Å². The minimum absolute atomic E-state index is 0.522. The maximum atomic E-state index is 5.30. The number of methoxy groups -OCH3 is 1. The molecule has 2 aromatic carbocycles. The molecule has 0 spiro atoms. The zero-order valence-electron chi connectivity index (χ0n) is 16.4. The molecule has 0 unspecified atom stereocenters. The molecule has 0 saturated carbocycles. The van der Waals surface area contributed by atoms with Crippen molar-refractivity contribution in [2.24, 2.45) is 5.92 Å². The zero-order valence-corrected chi connectivity index (χ0v) is 16.4. The average molecular weight is 372 g/mol. The second-order valence-electron chi connectivity index (χ2n) is 7.17. The van der Waals surface area contributed by atoms with Crippen molar-refractivity contribution in [2.75, 3.05) is 19.0 Å². The fraction of sp³-hybridized carbons (Fsp3) is 0.217. The van der Waals surface area contributed by atoms with Gasteiger partial charge in [-0.3, -0.25) is 0 Å². The fourth-order valence-electron chi connectivity index (χ4n) is 3.27. The van der Waals surface area contributed by atoms with Crippen LogP contribution in [0.1, 0.15) is 13.8 Å². The van der Waals surface area contributed by atoms with Gasteiger partial charge in [0.15, 0.2) is 5.65 Å². The first-order chi connectivity index (χ1) is 13.7. The molecule has 1 N–H and O–H groups in total. The summed E-state index contributed by atoms with van der Waals surface area (Å²) < 4.78 is 7.41. The van der Waals surface area contributed by atoms with Gasteiger partial charge in [-0.05, 0) is 35.7 Å². The van der Waals surface area contributed by atoms with Crippen molar-refractivity contribution in [3.05, 3.63) is 67.1 Å². The Kier molecular flexibility index (Phi) is 4.98. The van der Waals surface area contributed by atoms with E-state index < -0.39 is 0 Å². The second kappa shape index (κ2) is 7.72. The van der Waals surface area contributed by atoms with Crippen LogP contribution in [-0.2, 0) is 0 Å². The van der Waals surface area contributed by atoms with Crippen LogP contribution in [0.15, 0.2) is 67.1 Å². The smallest absolute Gasteiger partial charge is 0.150 e. The summed E-state index contributed by atoms with van der Waals surface area (Å²) in [4.78, 5) is 9.16. The monoisotopic (exact) mass is 372 g/mol. The number of benzene rings is 2. The molecule has 142 valence electrons. The lowest BCUT2D eigenvalue weighted by atomic mass is 10.1. The third-order valence-corrected chi connectivity index (χ3v) is 4.70. The van der Waals surface area contributed by atoms with Crippen molar-refractivity contribution in [2.45, 2.75) is 13.8 Å². The lowest BCUT2D eigenvalue weighted by Gasteiger charge is -2.10. The summed E-state index contributed by atoms with van der Waals surface area (Å²) in [6.45, 7) is 5.23. The normalized spacial score (nSPS) is 11.1. The summed E-state index contributed by atoms with van der Waals surface area (Å²) in [5.74, 6) is 2.22. The Balaban J connectivity index is 1.92. The highest BCUT2D eigenvalue weighted by Crippen LogP contribution is 2.35. The average Bonchev–Trinajstić information content (AvgIpc) is 3.13. The highest BCUT2D eigenvalue weighted by molar-refractivity contribution is 6.02. The molecule has 0 fully saturated rings. The predicted molar refractivity (Wildman–Crippen MR) is 114 cm³/mol. The van der Waals surface area contributed by atoms with E-state index in [2.05, 4.69) is 64.2 Å². The highest BCUT2D eigenvalue weighted by atomic mass is 16.5. The van der Waals surface area contributed by atoms with E-state index in [1.807, 2.05) is 30.3 Å². The van der Waals surface area contributed by atoms with Crippen molar-refractivity contribution in [3.8, 4) is 22.6 Å². The third-order valence-electron chi connectivity index (χ3n) is 4.70. The van der Waals surface area contributed by atoms with Gasteiger partial charge in [-0.2, -0.15) is 0 Å². The molecule has 0 aliphatic carbocycles. The van der Waals surface area contributed by atoms with Crippen LogP contribution in [-0.4, -0.2) is 28.2 Å². The van der Waals surface area contributed by atoms with Crippen LogP contribution < -0.4 is 10.1 Å². The Labute approximate surface area is 165 Å². The van der Waals surface area contributed by atoms with Gasteiger partial charge >= 0.3 is 0 Å². The van der Waals surface area contributed by atoms with Gasteiger partial charge in [0.25, 0.3) is 0 Å². The number of anilines is 1. The molecule has 4 rings (SSSR count). The van der Waals surface area contributed by atoms with Gasteiger partial charge in [-0.15, -0.1) is 0 Å². The molecule has 5 nitrogen and oxygen atoms in total. The van der Waals surface area contributed by atoms with Crippen molar-refractivity contribution in [1.82, 2.24) is 14.5 Å². The highest BCUT2D eigenvalue weighted by Gasteiger charge is 2.17. The summed E-state index contributed by atoms with van der Waals surface area (Å²) >= 11 is 0. The Morgan fingerprint density at radius 3 is 2.43 bits per heavy atom. The molecule has 0 bridgehead atoms. The molecule has 2 heterocycles. The lowest BCUT2D eigenvalue weighted by Crippen LogP contribution is -2.09. The van der Waals surface area contributed by atoms with Gasteiger partial charge in [0.05, 0.1) is 12.5 Å². The molecule has 4 aromatic rings. The number of hydrogen-bond acceptors (Lipinski definition) is 4. The van der Waals surface area contributed by atoms with Crippen LogP contribution in [0.25, 0.3) is 27.8 Å². The second-order valence-corrected chi connectivity index (χ2v) is 7.17. The summed E-state index contributed by atoms with van der Waals surface area (Å²) in [5, 5.41) is 4.53. The van der Waals surface area contributed by atoms with Gasteiger partial charge in [-0.25, -0.2) is 9.97 Å². The van der Waals surface area contributed by atoms with Crippen LogP contribution in [0.3, 0.4) is 0 Å². The van der Waals surface area contributed by atoms with E-state index in [1.165, 1.54) is 0 Å². The predicted octanol–water partition coefficient (Wildman–Crippen LogP) is 5.16. The molecule has 0 saturated heterocycles. The van der Waals surface area contributed by atoms with Gasteiger partial charge in [0.1, 0.15) is 17.9 Å². The molecule has 0 amide bonds. The molecular weight excluding hydrogens is 348 g/mol. The maximum Gasteiger partial charge on any atom is 0.150 e. The van der Waals surface area contributed by atoms with Gasteiger partial charge in [0.2, 0.25) is 0 Å². The van der Waals surface area contributed by atoms with E-state index in [1.54, 1.807) is 13.4 Å². The van der Waals surface area contributed by atoms with E-state index >= 15 is 0 Å². The third kappa shape index (κ3) is 3.43. The van der Waals surface area contributed by atoms with Crippen LogP contribution in [0, 0.1) is 5.92 Å². The van der Waals surface area contributed by atoms with Gasteiger partial charge < -0.3 is 14.6 Å². The topological polar surface area (TPSA) is 52.0 Å². The molecule has 0 aliphatic heterocycles. The minimum Gasteiger partial charge on any atom is -0.497 e. The molecule has 0 atom stereocenters. The Hall–Kier alpha value is -3.34. The van der Waals surface area contributed by atoms with Crippen LogP contribution in [0.4, 0.5) is 5.82 Å². The van der Waals surface area contributed by atoms with E-state index in [-0.39, 0.29) is 0 Å². The Bertz CT molecular complexity index is 1070. The number of fused-ring (bicyclic) bond motifs is 1. The number of nitrogens with one attached hydrogen (secondary N) is 1. The first-order valence-electron chi connectivity index (χ1n) is 9.47. The summed E-state index contributed by atoms with van der Waals surface area (Å²) in [6.07, 6.45) is 3.76. The molecule has 28 heavy (non-hydrogen) atoms. The van der Waals surface area contributed by atoms with E-state index in [0.29, 0.717) is 5.92 Å². The number of aromatic nitrogens is 3. The van der Waals surface area contributed by atoms with Gasteiger partial charge in [0, 0.05) is 24.0 Å². The summed E-state index contributed by atoms with van der Waals surface area (Å²) in [7, 11) is 1.67. The summed E-state index contributed by atoms with van der Waals surface area (Å²) in [6, 6.07) is 18.4. The van der Waals surface area contributed by atoms with Crippen molar-refractivity contribution >= 4 is 16.9 Å². The maximum absolute atomic E-state index is 5.30. The number of ether oxygens (including phenoxy) is 1. The van der Waals surface area contributed by atoms with Gasteiger partial charge in [-0.1, -0.05) is 44.2 Å². The molecular formula is C23H24N4O.